The van der Waals surface area contributed by atoms with E-state index in [4.69, 9.17) is 19.9 Å². The lowest BCUT2D eigenvalue weighted by atomic mass is 10.1. The zero-order valence-corrected chi connectivity index (χ0v) is 10.6. The van der Waals surface area contributed by atoms with Crippen LogP contribution in [0.3, 0.4) is 0 Å². The number of morpholine rings is 1. The summed E-state index contributed by atoms with van der Waals surface area (Å²) in [4.78, 5) is 13.5. The molecule has 1 aliphatic heterocycles. The Labute approximate surface area is 102 Å². The van der Waals surface area contributed by atoms with E-state index >= 15 is 0 Å². The Morgan fingerprint density at radius 2 is 2.35 bits per heavy atom. The highest BCUT2D eigenvalue weighted by molar-refractivity contribution is 5.77. The van der Waals surface area contributed by atoms with Crippen molar-refractivity contribution in [2.24, 2.45) is 5.73 Å². The topological polar surface area (TPSA) is 74.0 Å². The molecule has 0 radical (unpaired) electrons. The molecule has 0 aromatic carbocycles. The maximum Gasteiger partial charge on any atom is 0.248 e. The summed E-state index contributed by atoms with van der Waals surface area (Å²) in [5, 5.41) is 0. The Morgan fingerprint density at radius 3 is 3.00 bits per heavy atom. The predicted octanol–water partition coefficient (Wildman–Crippen LogP) is -0.776. The largest absolute Gasteiger partial charge is 0.382 e. The van der Waals surface area contributed by atoms with Gasteiger partial charge in [0.25, 0.3) is 0 Å². The average Bonchev–Trinajstić information content (AvgIpc) is 2.34. The van der Waals surface area contributed by atoms with Crippen LogP contribution in [0.25, 0.3) is 0 Å². The highest BCUT2D eigenvalue weighted by Crippen LogP contribution is 2.08. The number of ether oxygens (including phenoxy) is 3. The second-order valence-electron chi connectivity index (χ2n) is 4.15. The molecule has 1 fully saturated rings. The van der Waals surface area contributed by atoms with Gasteiger partial charge >= 0.3 is 0 Å². The number of hydrogen-bond donors (Lipinski definition) is 1. The van der Waals surface area contributed by atoms with Crippen LogP contribution in [-0.2, 0) is 19.0 Å². The maximum absolute atomic E-state index is 11.8. The standard InChI is InChI=1S/C11H22N2O4/c1-9(12)10-7-13(3-4-17-10)11(14)8-16-6-5-15-2/h9-10H,3-8,12H2,1-2H3. The average molecular weight is 246 g/mol. The van der Waals surface area contributed by atoms with Crippen molar-refractivity contribution in [3.05, 3.63) is 0 Å². The zero-order chi connectivity index (χ0) is 12.7. The van der Waals surface area contributed by atoms with E-state index in [0.29, 0.717) is 32.9 Å². The molecule has 1 saturated heterocycles. The van der Waals surface area contributed by atoms with Gasteiger partial charge in [-0.3, -0.25) is 4.79 Å². The molecule has 1 heterocycles. The maximum atomic E-state index is 11.8. The summed E-state index contributed by atoms with van der Waals surface area (Å²) in [5.41, 5.74) is 5.76. The summed E-state index contributed by atoms with van der Waals surface area (Å²) >= 11 is 0. The van der Waals surface area contributed by atoms with Gasteiger partial charge < -0.3 is 24.8 Å². The molecule has 2 N–H and O–H groups in total. The summed E-state index contributed by atoms with van der Waals surface area (Å²) in [5.74, 6) is -0.0185. The molecular weight excluding hydrogens is 224 g/mol. The van der Waals surface area contributed by atoms with E-state index in [0.717, 1.165) is 0 Å². The highest BCUT2D eigenvalue weighted by Gasteiger charge is 2.26. The molecule has 2 atom stereocenters. The molecule has 0 spiro atoms. The molecular formula is C11H22N2O4. The van der Waals surface area contributed by atoms with Gasteiger partial charge in [-0.1, -0.05) is 0 Å². The third-order valence-corrected chi connectivity index (χ3v) is 2.69. The van der Waals surface area contributed by atoms with Gasteiger partial charge in [0, 0.05) is 26.2 Å². The monoisotopic (exact) mass is 246 g/mol. The Hall–Kier alpha value is -0.690. The first kappa shape index (κ1) is 14.4. The number of methoxy groups -OCH3 is 1. The van der Waals surface area contributed by atoms with Crippen molar-refractivity contribution in [1.82, 2.24) is 4.90 Å². The lowest BCUT2D eigenvalue weighted by molar-refractivity contribution is -0.144. The molecule has 2 unspecified atom stereocenters. The van der Waals surface area contributed by atoms with Crippen LogP contribution < -0.4 is 5.73 Å². The SMILES string of the molecule is COCCOCC(=O)N1CCOC(C(C)N)C1. The summed E-state index contributed by atoms with van der Waals surface area (Å²) in [6.45, 7) is 4.60. The van der Waals surface area contributed by atoms with Crippen LogP contribution in [0.5, 0.6) is 0 Å². The number of amides is 1. The van der Waals surface area contributed by atoms with Crippen molar-refractivity contribution in [1.29, 1.82) is 0 Å². The summed E-state index contributed by atoms with van der Waals surface area (Å²) in [6.07, 6.45) is -0.0772. The van der Waals surface area contributed by atoms with Crippen LogP contribution in [0.15, 0.2) is 0 Å². The van der Waals surface area contributed by atoms with Crippen molar-refractivity contribution in [3.63, 3.8) is 0 Å². The van der Waals surface area contributed by atoms with Gasteiger partial charge in [-0.05, 0) is 6.92 Å². The normalized spacial score (nSPS) is 22.5. The first-order valence-electron chi connectivity index (χ1n) is 5.86. The first-order chi connectivity index (χ1) is 8.15. The third kappa shape index (κ3) is 4.99. The van der Waals surface area contributed by atoms with E-state index in [1.807, 2.05) is 6.92 Å². The van der Waals surface area contributed by atoms with Gasteiger partial charge in [0.05, 0.1) is 25.9 Å². The Balaban J connectivity index is 2.26. The fourth-order valence-corrected chi connectivity index (χ4v) is 1.61. The predicted molar refractivity (Wildman–Crippen MR) is 62.7 cm³/mol. The van der Waals surface area contributed by atoms with Gasteiger partial charge in [0.15, 0.2) is 0 Å². The molecule has 6 heteroatoms. The number of nitrogens with two attached hydrogens (primary N) is 1. The van der Waals surface area contributed by atoms with Crippen LogP contribution in [0.4, 0.5) is 0 Å². The van der Waals surface area contributed by atoms with Crippen LogP contribution in [0, 0.1) is 0 Å². The Morgan fingerprint density at radius 1 is 1.59 bits per heavy atom. The molecule has 0 aromatic heterocycles. The molecule has 0 bridgehead atoms. The van der Waals surface area contributed by atoms with E-state index in [1.165, 1.54) is 0 Å². The molecule has 0 aromatic rings. The van der Waals surface area contributed by atoms with Gasteiger partial charge in [0.1, 0.15) is 6.61 Å². The van der Waals surface area contributed by atoms with Crippen molar-refractivity contribution in [3.8, 4) is 0 Å². The molecule has 6 nitrogen and oxygen atoms in total. The molecule has 100 valence electrons. The van der Waals surface area contributed by atoms with Crippen molar-refractivity contribution >= 4 is 5.91 Å². The Bertz CT molecular complexity index is 236. The minimum atomic E-state index is -0.0772. The van der Waals surface area contributed by atoms with E-state index in [1.54, 1.807) is 12.0 Å². The highest BCUT2D eigenvalue weighted by atomic mass is 16.5. The molecule has 1 amide bonds. The van der Waals surface area contributed by atoms with E-state index < -0.39 is 0 Å². The quantitative estimate of drug-likeness (QED) is 0.623. The first-order valence-corrected chi connectivity index (χ1v) is 5.86. The van der Waals surface area contributed by atoms with Crippen molar-refractivity contribution < 1.29 is 19.0 Å². The summed E-state index contributed by atoms with van der Waals surface area (Å²) in [6, 6.07) is -0.0694. The second kappa shape index (κ2) is 7.60. The minimum absolute atomic E-state index is 0.0185. The molecule has 1 aliphatic rings. The Kier molecular flexibility index (Phi) is 6.43. The molecule has 1 rings (SSSR count). The lowest BCUT2D eigenvalue weighted by Crippen LogP contribution is -2.52. The minimum Gasteiger partial charge on any atom is -0.382 e. The summed E-state index contributed by atoms with van der Waals surface area (Å²) < 4.78 is 15.5. The lowest BCUT2D eigenvalue weighted by Gasteiger charge is -2.34. The number of carbonyl (C=O) groups excluding carboxylic acids is 1. The fraction of sp³-hybridized carbons (Fsp3) is 0.909. The number of nitrogens with zero attached hydrogens (tertiary/aromatic N) is 1. The number of hydrogen-bond acceptors (Lipinski definition) is 5. The third-order valence-electron chi connectivity index (χ3n) is 2.69. The van der Waals surface area contributed by atoms with E-state index in [-0.39, 0.29) is 24.7 Å². The molecule has 0 aliphatic carbocycles. The van der Waals surface area contributed by atoms with Crippen LogP contribution in [-0.4, -0.2) is 69.6 Å². The van der Waals surface area contributed by atoms with Gasteiger partial charge in [-0.15, -0.1) is 0 Å². The summed E-state index contributed by atoms with van der Waals surface area (Å²) in [7, 11) is 1.60. The van der Waals surface area contributed by atoms with E-state index in [2.05, 4.69) is 0 Å². The van der Waals surface area contributed by atoms with Crippen molar-refractivity contribution in [2.75, 3.05) is 46.6 Å². The smallest absolute Gasteiger partial charge is 0.248 e. The van der Waals surface area contributed by atoms with Crippen LogP contribution in [0.1, 0.15) is 6.92 Å². The zero-order valence-electron chi connectivity index (χ0n) is 10.6. The van der Waals surface area contributed by atoms with E-state index in [9.17, 15) is 4.79 Å². The number of carbonyl (C=O) groups is 1. The van der Waals surface area contributed by atoms with Crippen LogP contribution >= 0.6 is 0 Å². The molecule has 0 saturated carbocycles. The number of rotatable bonds is 6. The van der Waals surface area contributed by atoms with Crippen molar-refractivity contribution in [2.45, 2.75) is 19.1 Å². The van der Waals surface area contributed by atoms with Gasteiger partial charge in [-0.2, -0.15) is 0 Å². The van der Waals surface area contributed by atoms with Crippen LogP contribution in [0.2, 0.25) is 0 Å². The fourth-order valence-electron chi connectivity index (χ4n) is 1.61. The van der Waals surface area contributed by atoms with Gasteiger partial charge in [0.2, 0.25) is 5.91 Å². The molecule has 17 heavy (non-hydrogen) atoms. The second-order valence-corrected chi connectivity index (χ2v) is 4.15. The van der Waals surface area contributed by atoms with Gasteiger partial charge in [-0.25, -0.2) is 0 Å².